The molecule has 1 aliphatic rings. The summed E-state index contributed by atoms with van der Waals surface area (Å²) in [6.45, 7) is 10.2. The molecule has 1 aliphatic heterocycles. The summed E-state index contributed by atoms with van der Waals surface area (Å²) in [4.78, 5) is 15.1. The van der Waals surface area contributed by atoms with Crippen LogP contribution in [0.15, 0.2) is 54.6 Å². The highest BCUT2D eigenvalue weighted by atomic mass is 16.1. The number of anilines is 1. The van der Waals surface area contributed by atoms with Crippen LogP contribution < -0.4 is 5.32 Å². The summed E-state index contributed by atoms with van der Waals surface area (Å²) in [6, 6.07) is 18.6. The number of hydrogen-bond donors (Lipinski definition) is 2. The van der Waals surface area contributed by atoms with Crippen molar-refractivity contribution in [1.82, 2.24) is 15.1 Å². The first kappa shape index (κ1) is 19.4. The van der Waals surface area contributed by atoms with Crippen molar-refractivity contribution < 1.29 is 4.79 Å². The van der Waals surface area contributed by atoms with Crippen molar-refractivity contribution in [2.24, 2.45) is 0 Å². The number of amides is 1. The molecule has 1 amide bonds. The summed E-state index contributed by atoms with van der Waals surface area (Å²) in [5.41, 5.74) is 5.29. The molecule has 4 rings (SSSR count). The lowest BCUT2D eigenvalue weighted by Gasteiger charge is -2.24. The number of nitrogens with one attached hydrogen (secondary N) is 2. The van der Waals surface area contributed by atoms with Crippen LogP contribution in [0.2, 0.25) is 0 Å². The molecule has 0 aliphatic carbocycles. The van der Waals surface area contributed by atoms with Crippen LogP contribution in [0.1, 0.15) is 66.5 Å². The predicted molar refractivity (Wildman–Crippen MR) is 116 cm³/mol. The number of carbonyl (C=O) groups is 1. The molecule has 0 saturated carbocycles. The van der Waals surface area contributed by atoms with Crippen LogP contribution in [-0.2, 0) is 18.5 Å². The van der Waals surface area contributed by atoms with Gasteiger partial charge in [0.2, 0.25) is 0 Å². The molecule has 0 radical (unpaired) electrons. The quantitative estimate of drug-likeness (QED) is 0.658. The maximum absolute atomic E-state index is 12.7. The highest BCUT2D eigenvalue weighted by Crippen LogP contribution is 2.33. The van der Waals surface area contributed by atoms with Gasteiger partial charge in [-0.25, -0.2) is 0 Å². The van der Waals surface area contributed by atoms with Crippen molar-refractivity contribution in [2.75, 3.05) is 5.32 Å². The second-order valence-electron chi connectivity index (χ2n) is 8.80. The zero-order valence-corrected chi connectivity index (χ0v) is 17.5. The second-order valence-corrected chi connectivity index (χ2v) is 8.80. The van der Waals surface area contributed by atoms with Gasteiger partial charge in [-0.15, -0.1) is 0 Å². The van der Waals surface area contributed by atoms with Gasteiger partial charge in [0, 0.05) is 30.3 Å². The Kier molecular flexibility index (Phi) is 5.01. The van der Waals surface area contributed by atoms with E-state index < -0.39 is 0 Å². The fraction of sp³-hybridized carbons (Fsp3) is 0.333. The minimum Gasteiger partial charge on any atom is -0.307 e. The number of hydrogen-bond acceptors (Lipinski definition) is 3. The van der Waals surface area contributed by atoms with Crippen LogP contribution in [0, 0.1) is 0 Å². The van der Waals surface area contributed by atoms with E-state index in [9.17, 15) is 4.79 Å². The molecular formula is C24H28N4O. The molecule has 2 N–H and O–H groups in total. The molecule has 0 fully saturated rings. The monoisotopic (exact) mass is 388 g/mol. The van der Waals surface area contributed by atoms with Crippen LogP contribution in [0.4, 0.5) is 5.82 Å². The van der Waals surface area contributed by atoms with E-state index in [1.165, 1.54) is 11.1 Å². The third kappa shape index (κ3) is 3.96. The summed E-state index contributed by atoms with van der Waals surface area (Å²) in [5, 5.41) is 10.5. The molecule has 0 spiro atoms. The number of aromatic amines is 1. The molecule has 1 atom stereocenters. The average Bonchev–Trinajstić information content (AvgIpc) is 3.29. The van der Waals surface area contributed by atoms with Gasteiger partial charge >= 0.3 is 0 Å². The fourth-order valence-corrected chi connectivity index (χ4v) is 3.78. The molecule has 150 valence electrons. The first-order chi connectivity index (χ1) is 13.8. The first-order valence-corrected chi connectivity index (χ1v) is 10.1. The average molecular weight is 389 g/mol. The number of H-pyrrole nitrogens is 1. The smallest absolute Gasteiger partial charge is 0.256 e. The number of aromatic nitrogens is 2. The Morgan fingerprint density at radius 1 is 1.07 bits per heavy atom. The van der Waals surface area contributed by atoms with Crippen molar-refractivity contribution in [3.05, 3.63) is 82.5 Å². The van der Waals surface area contributed by atoms with Crippen LogP contribution in [-0.4, -0.2) is 21.0 Å². The summed E-state index contributed by atoms with van der Waals surface area (Å²) < 4.78 is 0. The van der Waals surface area contributed by atoms with Crippen molar-refractivity contribution in [3.8, 4) is 0 Å². The second kappa shape index (κ2) is 7.48. The highest BCUT2D eigenvalue weighted by molar-refractivity contribution is 6.04. The van der Waals surface area contributed by atoms with Crippen LogP contribution >= 0.6 is 0 Å². The highest BCUT2D eigenvalue weighted by Gasteiger charge is 2.29. The molecule has 2 aromatic carbocycles. The van der Waals surface area contributed by atoms with Crippen molar-refractivity contribution in [1.29, 1.82) is 0 Å². The number of nitrogens with zero attached hydrogens (tertiary/aromatic N) is 2. The van der Waals surface area contributed by atoms with E-state index in [0.29, 0.717) is 17.4 Å². The Labute approximate surface area is 172 Å². The van der Waals surface area contributed by atoms with E-state index in [0.717, 1.165) is 24.3 Å². The van der Waals surface area contributed by atoms with Crippen molar-refractivity contribution in [2.45, 2.75) is 52.2 Å². The van der Waals surface area contributed by atoms with Crippen molar-refractivity contribution >= 4 is 11.7 Å². The Morgan fingerprint density at radius 3 is 2.41 bits per heavy atom. The van der Waals surface area contributed by atoms with E-state index in [4.69, 9.17) is 0 Å². The van der Waals surface area contributed by atoms with Crippen LogP contribution in [0.5, 0.6) is 0 Å². The van der Waals surface area contributed by atoms with Gasteiger partial charge in [0.15, 0.2) is 0 Å². The maximum atomic E-state index is 12.7. The largest absolute Gasteiger partial charge is 0.307 e. The third-order valence-electron chi connectivity index (χ3n) is 5.75. The van der Waals surface area contributed by atoms with Gasteiger partial charge in [0.1, 0.15) is 5.82 Å². The zero-order valence-electron chi connectivity index (χ0n) is 17.5. The molecule has 0 bridgehead atoms. The van der Waals surface area contributed by atoms with E-state index in [1.807, 2.05) is 30.3 Å². The van der Waals surface area contributed by atoms with Gasteiger partial charge in [-0.05, 0) is 35.6 Å². The molecule has 1 unspecified atom stereocenters. The lowest BCUT2D eigenvalue weighted by Crippen LogP contribution is -2.22. The van der Waals surface area contributed by atoms with Gasteiger partial charge in [-0.1, -0.05) is 63.2 Å². The van der Waals surface area contributed by atoms with Crippen LogP contribution in [0.3, 0.4) is 0 Å². The third-order valence-corrected chi connectivity index (χ3v) is 5.75. The Hall–Kier alpha value is -2.92. The molecule has 5 heteroatoms. The standard InChI is InChI=1S/C24H28N4O/c1-16(17-8-6-5-7-9-17)28-14-20-21(15-28)26-27-22(20)25-23(29)18-10-12-19(13-11-18)24(2,3)4/h5-13,16H,14-15H2,1-4H3,(H2,25,26,27,29). The molecule has 29 heavy (non-hydrogen) atoms. The molecule has 0 saturated heterocycles. The normalized spacial score (nSPS) is 15.2. The molecule has 5 nitrogen and oxygen atoms in total. The van der Waals surface area contributed by atoms with Gasteiger partial charge < -0.3 is 5.32 Å². The van der Waals surface area contributed by atoms with Crippen molar-refractivity contribution in [3.63, 3.8) is 0 Å². The predicted octanol–water partition coefficient (Wildman–Crippen LogP) is 5.04. The summed E-state index contributed by atoms with van der Waals surface area (Å²) in [7, 11) is 0. The summed E-state index contributed by atoms with van der Waals surface area (Å²) >= 11 is 0. The Morgan fingerprint density at radius 2 is 1.76 bits per heavy atom. The van der Waals surface area contributed by atoms with Gasteiger partial charge in [-0.3, -0.25) is 14.8 Å². The Bertz CT molecular complexity index is 1000. The number of benzene rings is 2. The van der Waals surface area contributed by atoms with E-state index in [-0.39, 0.29) is 11.3 Å². The lowest BCUT2D eigenvalue weighted by molar-refractivity contribution is 0.102. The fourth-order valence-electron chi connectivity index (χ4n) is 3.78. The number of fused-ring (bicyclic) bond motifs is 1. The van der Waals surface area contributed by atoms with E-state index >= 15 is 0 Å². The van der Waals surface area contributed by atoms with Gasteiger partial charge in [0.05, 0.1) is 5.69 Å². The molecule has 3 aromatic rings. The first-order valence-electron chi connectivity index (χ1n) is 10.1. The van der Waals surface area contributed by atoms with E-state index in [1.54, 1.807) is 0 Å². The number of rotatable bonds is 4. The van der Waals surface area contributed by atoms with Crippen LogP contribution in [0.25, 0.3) is 0 Å². The summed E-state index contributed by atoms with van der Waals surface area (Å²) in [5.74, 6) is 0.583. The number of carbonyl (C=O) groups excluding carboxylic acids is 1. The van der Waals surface area contributed by atoms with Gasteiger partial charge in [0.25, 0.3) is 5.91 Å². The lowest BCUT2D eigenvalue weighted by atomic mass is 9.87. The SMILES string of the molecule is CC(c1ccccc1)N1Cc2n[nH]c(NC(=O)c3ccc(C(C)(C)C)cc3)c2C1. The minimum absolute atomic E-state index is 0.0676. The topological polar surface area (TPSA) is 61.0 Å². The van der Waals surface area contributed by atoms with E-state index in [2.05, 4.69) is 72.4 Å². The molecular weight excluding hydrogens is 360 g/mol. The molecule has 1 aromatic heterocycles. The maximum Gasteiger partial charge on any atom is 0.256 e. The minimum atomic E-state index is -0.119. The zero-order chi connectivity index (χ0) is 20.6. The summed E-state index contributed by atoms with van der Waals surface area (Å²) in [6.07, 6.45) is 0. The van der Waals surface area contributed by atoms with Gasteiger partial charge in [-0.2, -0.15) is 5.10 Å². The molecule has 2 heterocycles. The Balaban J connectivity index is 1.46.